The molecule has 3 aromatic heterocycles. The Morgan fingerprint density at radius 2 is 1.47 bits per heavy atom. The zero-order valence-corrected chi connectivity index (χ0v) is 17.3. The molecule has 0 N–H and O–H groups in total. The number of rotatable bonds is 2. The number of hydrogen-bond donors (Lipinski definition) is 0. The Balaban J connectivity index is 1.42. The first-order valence-corrected chi connectivity index (χ1v) is 10.6. The molecule has 0 radical (unpaired) electrons. The fourth-order valence-electron chi connectivity index (χ4n) is 4.95. The maximum absolute atomic E-state index is 8.33. The van der Waals surface area contributed by atoms with Gasteiger partial charge >= 0.3 is 0 Å². The second-order valence-electron chi connectivity index (χ2n) is 8.17. The van der Waals surface area contributed by atoms with Gasteiger partial charge in [-0.25, -0.2) is 0 Å². The third kappa shape index (κ3) is 2.32. The van der Waals surface area contributed by atoms with Crippen molar-refractivity contribution in [3.63, 3.8) is 0 Å². The van der Waals surface area contributed by atoms with Gasteiger partial charge in [-0.15, -0.1) is 0 Å². The molecule has 0 atom stereocenters. The lowest BCUT2D eigenvalue weighted by Gasteiger charge is -2.09. The van der Waals surface area contributed by atoms with E-state index in [1.165, 1.54) is 27.2 Å². The molecule has 0 amide bonds. The van der Waals surface area contributed by atoms with Gasteiger partial charge in [-0.05, 0) is 42.3 Å². The fourth-order valence-corrected chi connectivity index (χ4v) is 4.95. The van der Waals surface area contributed by atoms with Crippen LogP contribution in [0.2, 0.25) is 0 Å². The van der Waals surface area contributed by atoms with Gasteiger partial charge in [0.15, 0.2) is 0 Å². The number of nitrogens with zero attached hydrogens (tertiary/aromatic N) is 2. The van der Waals surface area contributed by atoms with Crippen molar-refractivity contribution in [3.8, 4) is 22.4 Å². The second-order valence-corrected chi connectivity index (χ2v) is 8.17. The van der Waals surface area contributed by atoms with Crippen molar-refractivity contribution in [1.29, 1.82) is 0 Å². The van der Waals surface area contributed by atoms with E-state index in [4.69, 9.17) is 6.85 Å². The Labute approximate surface area is 192 Å². The minimum atomic E-state index is -0.396. The quantitative estimate of drug-likeness (QED) is 0.282. The molecule has 0 saturated carbocycles. The minimum Gasteiger partial charge on any atom is -0.308 e. The largest absolute Gasteiger partial charge is 0.308 e. The molecule has 0 spiro atoms. The van der Waals surface area contributed by atoms with Crippen molar-refractivity contribution < 1.29 is 6.85 Å². The third-order valence-corrected chi connectivity index (χ3v) is 6.40. The van der Waals surface area contributed by atoms with Crippen LogP contribution in [0.25, 0.3) is 60.5 Å². The van der Waals surface area contributed by atoms with Crippen molar-refractivity contribution in [1.82, 2.24) is 9.38 Å². The number of aromatic nitrogens is 2. The lowest BCUT2D eigenvalue weighted by atomic mass is 10.00. The van der Waals surface area contributed by atoms with Crippen LogP contribution in [0, 0.1) is 6.92 Å². The number of para-hydroxylation sites is 2. The van der Waals surface area contributed by atoms with E-state index in [1.807, 2.05) is 13.0 Å². The van der Waals surface area contributed by atoms with Gasteiger partial charge in [0.2, 0.25) is 0 Å². The van der Waals surface area contributed by atoms with Crippen molar-refractivity contribution in [2.75, 3.05) is 0 Å². The molecule has 0 fully saturated rings. The number of hydrogen-bond acceptors (Lipinski definition) is 1. The van der Waals surface area contributed by atoms with Crippen LogP contribution >= 0.6 is 0 Å². The smallest absolute Gasteiger partial charge is 0.0705 e. The molecule has 150 valence electrons. The topological polar surface area (TPSA) is 17.3 Å². The molecule has 2 heteroatoms. The van der Waals surface area contributed by atoms with Gasteiger partial charge < -0.3 is 4.40 Å². The molecule has 3 heterocycles. The first-order valence-electron chi connectivity index (χ1n) is 13.1. The average molecular weight is 414 g/mol. The normalized spacial score (nSPS) is 14.1. The van der Waals surface area contributed by atoms with Crippen LogP contribution in [0.1, 0.15) is 12.4 Å². The molecule has 7 rings (SSSR count). The van der Waals surface area contributed by atoms with Crippen molar-refractivity contribution in [2.24, 2.45) is 0 Å². The zero-order chi connectivity index (χ0) is 25.6. The summed E-state index contributed by atoms with van der Waals surface area (Å²) in [7, 11) is 0. The van der Waals surface area contributed by atoms with Crippen molar-refractivity contribution >= 4 is 38.1 Å². The van der Waals surface area contributed by atoms with Gasteiger partial charge in [0, 0.05) is 38.9 Å². The van der Waals surface area contributed by atoms with Gasteiger partial charge in [0.25, 0.3) is 0 Å². The molecule has 0 unspecified atom stereocenters. The van der Waals surface area contributed by atoms with Crippen LogP contribution in [-0.4, -0.2) is 9.38 Å². The predicted octanol–water partition coefficient (Wildman–Crippen LogP) is 7.87. The highest BCUT2D eigenvalue weighted by Crippen LogP contribution is 2.40. The van der Waals surface area contributed by atoms with Crippen molar-refractivity contribution in [3.05, 3.63) is 109 Å². The maximum atomic E-state index is 8.33. The number of fused-ring (bicyclic) bond motifs is 6. The van der Waals surface area contributed by atoms with Gasteiger partial charge in [-0.2, -0.15) is 0 Å². The van der Waals surface area contributed by atoms with Gasteiger partial charge in [-0.1, -0.05) is 72.7 Å². The lowest BCUT2D eigenvalue weighted by molar-refractivity contribution is 1.29. The number of pyridine rings is 1. The molecule has 32 heavy (non-hydrogen) atoms. The van der Waals surface area contributed by atoms with Crippen LogP contribution in [-0.2, 0) is 0 Å². The summed E-state index contributed by atoms with van der Waals surface area (Å²) >= 11 is 0. The van der Waals surface area contributed by atoms with Crippen LogP contribution in [0.3, 0.4) is 0 Å². The summed E-state index contributed by atoms with van der Waals surface area (Å²) in [6.45, 7) is 1.88. The molecule has 0 saturated heterocycles. The summed E-state index contributed by atoms with van der Waals surface area (Å²) in [5, 5.41) is 4.83. The SMILES string of the molecule is [2H]c1c([2H])c([2H])c(-c2cnc(-c3ccc4c(c3)c3cccc5c6ccccc6n4c53)cc2C)c([2H])c1[2H]. The Kier molecular flexibility index (Phi) is 2.66. The van der Waals surface area contributed by atoms with Crippen LogP contribution < -0.4 is 0 Å². The van der Waals surface area contributed by atoms with E-state index < -0.39 is 6.04 Å². The molecule has 0 bridgehead atoms. The fraction of sp³-hybridized carbons (Fsp3) is 0.0333. The zero-order valence-electron chi connectivity index (χ0n) is 22.3. The monoisotopic (exact) mass is 413 g/mol. The predicted molar refractivity (Wildman–Crippen MR) is 135 cm³/mol. The number of aryl methyl sites for hydroxylation is 1. The van der Waals surface area contributed by atoms with Crippen molar-refractivity contribution in [2.45, 2.75) is 6.92 Å². The van der Waals surface area contributed by atoms with E-state index in [0.717, 1.165) is 27.7 Å². The highest BCUT2D eigenvalue weighted by molar-refractivity contribution is 6.23. The van der Waals surface area contributed by atoms with E-state index in [9.17, 15) is 0 Å². The highest BCUT2D eigenvalue weighted by atomic mass is 14.9. The Morgan fingerprint density at radius 1 is 0.719 bits per heavy atom. The molecule has 4 aromatic carbocycles. The Hall–Kier alpha value is -4.17. The van der Waals surface area contributed by atoms with Crippen LogP contribution in [0.4, 0.5) is 0 Å². The molecule has 0 aliphatic heterocycles. The summed E-state index contributed by atoms with van der Waals surface area (Å²) in [5.41, 5.74) is 6.78. The first kappa shape index (κ1) is 13.3. The average Bonchev–Trinajstić information content (AvgIpc) is 3.43. The summed E-state index contributed by atoms with van der Waals surface area (Å²) < 4.78 is 42.9. The third-order valence-electron chi connectivity index (χ3n) is 6.40. The summed E-state index contributed by atoms with van der Waals surface area (Å²) in [4.78, 5) is 4.67. The summed E-state index contributed by atoms with van der Waals surface area (Å²) in [5.74, 6) is 0. The lowest BCUT2D eigenvalue weighted by Crippen LogP contribution is -1.90. The van der Waals surface area contributed by atoms with Crippen LogP contribution in [0.15, 0.2) is 103 Å². The maximum Gasteiger partial charge on any atom is 0.0705 e. The molecule has 7 aromatic rings. The van der Waals surface area contributed by atoms with E-state index in [-0.39, 0.29) is 29.7 Å². The molecular formula is C30H20N2. The molecule has 2 nitrogen and oxygen atoms in total. The van der Waals surface area contributed by atoms with E-state index in [1.54, 1.807) is 6.20 Å². The van der Waals surface area contributed by atoms with E-state index in [0.29, 0.717) is 5.56 Å². The molecular weight excluding hydrogens is 388 g/mol. The van der Waals surface area contributed by atoms with Gasteiger partial charge in [-0.3, -0.25) is 4.98 Å². The Bertz CT molecular complexity index is 2030. The Morgan fingerprint density at radius 3 is 2.31 bits per heavy atom. The summed E-state index contributed by atoms with van der Waals surface area (Å²) in [6, 6.07) is 21.7. The van der Waals surface area contributed by atoms with Gasteiger partial charge in [0.05, 0.1) is 29.1 Å². The van der Waals surface area contributed by atoms with Gasteiger partial charge in [0.1, 0.15) is 0 Å². The minimum absolute atomic E-state index is 0.175. The highest BCUT2D eigenvalue weighted by Gasteiger charge is 2.17. The summed E-state index contributed by atoms with van der Waals surface area (Å²) in [6.07, 6.45) is 1.61. The first-order chi connectivity index (χ1) is 17.9. The standard InChI is InChI=1S/C30H20N2/c1-19-16-27(31-18-26(19)20-8-3-2-4-9-20)21-14-15-29-25(17-21)24-12-7-11-23-22-10-5-6-13-28(22)32(29)30(23)24/h2-18H,1H3/i2D,3D,4D,8D,9D. The molecule has 0 aliphatic carbocycles. The van der Waals surface area contributed by atoms with Crippen LogP contribution in [0.5, 0.6) is 0 Å². The molecule has 0 aliphatic rings. The van der Waals surface area contributed by atoms with E-state index in [2.05, 4.69) is 70.0 Å². The van der Waals surface area contributed by atoms with E-state index >= 15 is 0 Å². The second kappa shape index (κ2) is 6.41. The number of benzene rings is 4.